The van der Waals surface area contributed by atoms with Gasteiger partial charge in [0.15, 0.2) is 18.2 Å². The number of ether oxygens (including phenoxy) is 6. The van der Waals surface area contributed by atoms with E-state index in [2.05, 4.69) is 4.99 Å². The Bertz CT molecular complexity index is 882. The number of benzene rings is 1. The molecule has 1 heterocycles. The summed E-state index contributed by atoms with van der Waals surface area (Å²) in [6, 6.07) is 5.84. The minimum Gasteiger partial charge on any atom is -0.497 e. The first-order valence-electron chi connectivity index (χ1n) is 10.1. The average molecular weight is 465 g/mol. The van der Waals surface area contributed by atoms with Gasteiger partial charge in [-0.25, -0.2) is 0 Å². The van der Waals surface area contributed by atoms with E-state index in [1.54, 1.807) is 24.3 Å². The Morgan fingerprint density at radius 3 is 1.97 bits per heavy atom. The van der Waals surface area contributed by atoms with E-state index in [0.717, 1.165) is 0 Å². The van der Waals surface area contributed by atoms with Gasteiger partial charge in [0.05, 0.1) is 7.11 Å². The Labute approximate surface area is 190 Å². The summed E-state index contributed by atoms with van der Waals surface area (Å²) < 4.78 is 32.0. The van der Waals surface area contributed by atoms with E-state index >= 15 is 0 Å². The molecule has 1 fully saturated rings. The molecule has 1 aromatic carbocycles. The SMILES string of the molecule is COc1ccc(C=N[C@H]2C(OC(C)=O)[C@H](OC(C)=O)C(COC(C)=O)O[C@H]2OC(C)=O)cc1. The number of carbonyl (C=O) groups is 4. The van der Waals surface area contributed by atoms with Gasteiger partial charge in [0, 0.05) is 33.9 Å². The Balaban J connectivity index is 2.45. The van der Waals surface area contributed by atoms with Crippen molar-refractivity contribution < 1.29 is 47.6 Å². The van der Waals surface area contributed by atoms with Crippen LogP contribution in [0.2, 0.25) is 0 Å². The van der Waals surface area contributed by atoms with Crippen LogP contribution in [0.4, 0.5) is 0 Å². The van der Waals surface area contributed by atoms with Crippen LogP contribution >= 0.6 is 0 Å². The summed E-state index contributed by atoms with van der Waals surface area (Å²) in [5, 5.41) is 0. The van der Waals surface area contributed by atoms with Gasteiger partial charge in [-0.15, -0.1) is 0 Å². The quantitative estimate of drug-likeness (QED) is 0.313. The highest BCUT2D eigenvalue weighted by Crippen LogP contribution is 2.30. The lowest BCUT2D eigenvalue weighted by molar-refractivity contribution is -0.266. The van der Waals surface area contributed by atoms with E-state index in [9.17, 15) is 19.2 Å². The Kier molecular flexibility index (Phi) is 9.34. The van der Waals surface area contributed by atoms with Crippen LogP contribution in [-0.2, 0) is 42.9 Å². The normalized spacial score (nSPS) is 24.6. The lowest BCUT2D eigenvalue weighted by Gasteiger charge is -2.42. The average Bonchev–Trinajstić information content (AvgIpc) is 2.73. The monoisotopic (exact) mass is 465 g/mol. The lowest BCUT2D eigenvalue weighted by atomic mass is 9.96. The Morgan fingerprint density at radius 1 is 0.879 bits per heavy atom. The topological polar surface area (TPSA) is 136 Å². The maximum absolute atomic E-state index is 11.9. The molecule has 11 nitrogen and oxygen atoms in total. The third-order valence-electron chi connectivity index (χ3n) is 4.46. The van der Waals surface area contributed by atoms with Gasteiger partial charge in [0.2, 0.25) is 6.29 Å². The molecule has 5 atom stereocenters. The van der Waals surface area contributed by atoms with Crippen molar-refractivity contribution in [3.63, 3.8) is 0 Å². The molecule has 0 saturated carbocycles. The molecule has 0 radical (unpaired) electrons. The summed E-state index contributed by atoms with van der Waals surface area (Å²) in [7, 11) is 1.54. The summed E-state index contributed by atoms with van der Waals surface area (Å²) in [4.78, 5) is 51.1. The van der Waals surface area contributed by atoms with E-state index in [1.807, 2.05) is 0 Å². The van der Waals surface area contributed by atoms with Crippen molar-refractivity contribution in [1.29, 1.82) is 0 Å². The maximum Gasteiger partial charge on any atom is 0.305 e. The van der Waals surface area contributed by atoms with E-state index < -0.39 is 54.5 Å². The van der Waals surface area contributed by atoms with Gasteiger partial charge in [-0.05, 0) is 29.8 Å². The first kappa shape index (κ1) is 25.8. The van der Waals surface area contributed by atoms with E-state index in [0.29, 0.717) is 11.3 Å². The fraction of sp³-hybridized carbons (Fsp3) is 0.500. The molecule has 1 aromatic rings. The third kappa shape index (κ3) is 7.86. The van der Waals surface area contributed by atoms with Crippen LogP contribution < -0.4 is 4.74 Å². The van der Waals surface area contributed by atoms with Crippen molar-refractivity contribution in [2.24, 2.45) is 4.99 Å². The summed E-state index contributed by atoms with van der Waals surface area (Å²) in [5.74, 6) is -2.00. The fourth-order valence-electron chi connectivity index (χ4n) is 3.17. The number of aliphatic imine (C=N–C) groups is 1. The van der Waals surface area contributed by atoms with Gasteiger partial charge < -0.3 is 28.4 Å². The number of methoxy groups -OCH3 is 1. The number of hydrogen-bond donors (Lipinski definition) is 0. The zero-order valence-electron chi connectivity index (χ0n) is 19.0. The van der Waals surface area contributed by atoms with Crippen LogP contribution in [0.3, 0.4) is 0 Å². The molecule has 0 bridgehead atoms. The lowest BCUT2D eigenvalue weighted by Crippen LogP contribution is -2.61. The molecule has 11 heteroatoms. The van der Waals surface area contributed by atoms with Crippen molar-refractivity contribution in [2.45, 2.75) is 58.3 Å². The van der Waals surface area contributed by atoms with Gasteiger partial charge in [-0.2, -0.15) is 0 Å². The Morgan fingerprint density at radius 2 is 1.45 bits per heavy atom. The minimum absolute atomic E-state index is 0.336. The highest BCUT2D eigenvalue weighted by molar-refractivity contribution is 5.80. The van der Waals surface area contributed by atoms with Crippen LogP contribution in [0.25, 0.3) is 0 Å². The molecule has 33 heavy (non-hydrogen) atoms. The van der Waals surface area contributed by atoms with Gasteiger partial charge in [-0.3, -0.25) is 24.2 Å². The van der Waals surface area contributed by atoms with Gasteiger partial charge >= 0.3 is 23.9 Å². The zero-order valence-corrected chi connectivity index (χ0v) is 19.0. The molecule has 0 N–H and O–H groups in total. The number of carbonyl (C=O) groups excluding carboxylic acids is 4. The van der Waals surface area contributed by atoms with Crippen molar-refractivity contribution in [3.8, 4) is 5.75 Å². The molecule has 0 aromatic heterocycles. The first-order chi connectivity index (χ1) is 15.6. The van der Waals surface area contributed by atoms with Crippen molar-refractivity contribution >= 4 is 30.1 Å². The van der Waals surface area contributed by atoms with Crippen molar-refractivity contribution in [1.82, 2.24) is 0 Å². The first-order valence-corrected chi connectivity index (χ1v) is 10.1. The third-order valence-corrected chi connectivity index (χ3v) is 4.46. The fourth-order valence-corrected chi connectivity index (χ4v) is 3.17. The smallest absolute Gasteiger partial charge is 0.305 e. The van der Waals surface area contributed by atoms with E-state index in [4.69, 9.17) is 28.4 Å². The predicted octanol–water partition coefficient (Wildman–Crippen LogP) is 1.20. The maximum atomic E-state index is 11.9. The summed E-state index contributed by atoms with van der Waals surface area (Å²) >= 11 is 0. The molecule has 0 aliphatic carbocycles. The molecule has 180 valence electrons. The summed E-state index contributed by atoms with van der Waals surface area (Å²) in [5.41, 5.74) is 0.671. The second-order valence-corrected chi connectivity index (χ2v) is 7.14. The van der Waals surface area contributed by atoms with Crippen LogP contribution in [-0.4, -0.2) is 74.5 Å². The molecular weight excluding hydrogens is 438 g/mol. The number of hydrogen-bond acceptors (Lipinski definition) is 11. The second-order valence-electron chi connectivity index (χ2n) is 7.14. The van der Waals surface area contributed by atoms with Crippen LogP contribution in [0.15, 0.2) is 29.3 Å². The molecule has 0 spiro atoms. The molecule has 1 saturated heterocycles. The molecule has 2 unspecified atom stereocenters. The van der Waals surface area contributed by atoms with Crippen LogP contribution in [0, 0.1) is 0 Å². The summed E-state index contributed by atoms with van der Waals surface area (Å²) in [6.45, 7) is 4.37. The standard InChI is InChI=1S/C22H27NO10/c1-12(24)29-11-18-20(30-13(2)25)21(31-14(3)26)19(22(33-18)32-15(4)27)23-10-16-6-8-17(28-5)9-7-16/h6-10,18-22H,11H2,1-5H3/t18?,19-,20+,21?,22+/m0/s1. The molecule has 0 amide bonds. The highest BCUT2D eigenvalue weighted by atomic mass is 16.7. The van der Waals surface area contributed by atoms with Crippen LogP contribution in [0.1, 0.15) is 33.3 Å². The second kappa shape index (κ2) is 12.0. The minimum atomic E-state index is -1.31. The zero-order chi connectivity index (χ0) is 24.5. The van der Waals surface area contributed by atoms with Crippen molar-refractivity contribution in [2.75, 3.05) is 13.7 Å². The van der Waals surface area contributed by atoms with E-state index in [1.165, 1.54) is 41.0 Å². The predicted molar refractivity (Wildman–Crippen MR) is 113 cm³/mol. The molecule has 1 aliphatic rings. The molecule has 2 rings (SSSR count). The Hall–Kier alpha value is -3.47. The van der Waals surface area contributed by atoms with E-state index in [-0.39, 0.29) is 6.61 Å². The highest BCUT2D eigenvalue weighted by Gasteiger charge is 2.51. The van der Waals surface area contributed by atoms with Gasteiger partial charge in [-0.1, -0.05) is 0 Å². The number of rotatable bonds is 8. The molecule has 1 aliphatic heterocycles. The van der Waals surface area contributed by atoms with Crippen LogP contribution in [0.5, 0.6) is 5.75 Å². The van der Waals surface area contributed by atoms with Gasteiger partial charge in [0.1, 0.15) is 18.5 Å². The summed E-state index contributed by atoms with van der Waals surface area (Å²) in [6.07, 6.45) is -3.31. The number of esters is 4. The van der Waals surface area contributed by atoms with Gasteiger partial charge in [0.25, 0.3) is 0 Å². The van der Waals surface area contributed by atoms with Crippen molar-refractivity contribution in [3.05, 3.63) is 29.8 Å². The largest absolute Gasteiger partial charge is 0.497 e. The number of nitrogens with zero attached hydrogens (tertiary/aromatic N) is 1. The molecular formula is C22H27NO10.